The number of rotatable bonds is 6. The molecule has 29 heavy (non-hydrogen) atoms. The molecule has 4 rings (SSSR count). The van der Waals surface area contributed by atoms with Crippen LogP contribution < -0.4 is 5.32 Å². The number of hydrogen-bond donors (Lipinski definition) is 1. The third-order valence-electron chi connectivity index (χ3n) is 5.09. The molecule has 0 spiro atoms. The van der Waals surface area contributed by atoms with Crippen LogP contribution in [-0.4, -0.2) is 43.0 Å². The number of pyridine rings is 1. The Hall–Kier alpha value is -3.24. The molecule has 4 nitrogen and oxygen atoms in total. The maximum Gasteiger partial charge on any atom is 0.269 e. The Bertz CT molecular complexity index is 1150. The van der Waals surface area contributed by atoms with E-state index in [4.69, 9.17) is 4.98 Å². The van der Waals surface area contributed by atoms with Gasteiger partial charge in [0, 0.05) is 17.5 Å². The van der Waals surface area contributed by atoms with Gasteiger partial charge in [0.15, 0.2) is 0 Å². The summed E-state index contributed by atoms with van der Waals surface area (Å²) in [4.78, 5) is 19.7. The Kier molecular flexibility index (Phi) is 5.54. The SMILES string of the molecule is CN(C)CCCNC(=O)c1cc2c(ccc3ccccc32)c(-c2ccccc2)n1. The molecular weight excluding hydrogens is 358 g/mol. The van der Waals surface area contributed by atoms with Crippen LogP contribution in [0.1, 0.15) is 16.9 Å². The number of amides is 1. The highest BCUT2D eigenvalue weighted by Gasteiger charge is 2.15. The van der Waals surface area contributed by atoms with Crippen molar-refractivity contribution in [1.29, 1.82) is 0 Å². The molecule has 0 atom stereocenters. The molecule has 0 unspecified atom stereocenters. The molecule has 1 N–H and O–H groups in total. The van der Waals surface area contributed by atoms with Gasteiger partial charge in [-0.05, 0) is 49.3 Å². The van der Waals surface area contributed by atoms with Gasteiger partial charge in [0.1, 0.15) is 5.69 Å². The molecule has 1 heterocycles. The molecular formula is C25H25N3O. The van der Waals surface area contributed by atoms with E-state index in [1.807, 2.05) is 62.6 Å². The predicted molar refractivity (Wildman–Crippen MR) is 120 cm³/mol. The van der Waals surface area contributed by atoms with Crippen LogP contribution >= 0.6 is 0 Å². The lowest BCUT2D eigenvalue weighted by atomic mass is 9.98. The number of nitrogens with one attached hydrogen (secondary N) is 1. The summed E-state index contributed by atoms with van der Waals surface area (Å²) in [6, 6.07) is 24.5. The second-order valence-corrected chi connectivity index (χ2v) is 7.52. The maximum absolute atomic E-state index is 12.9. The summed E-state index contributed by atoms with van der Waals surface area (Å²) in [6.45, 7) is 1.57. The van der Waals surface area contributed by atoms with E-state index in [-0.39, 0.29) is 5.91 Å². The van der Waals surface area contributed by atoms with Crippen LogP contribution in [0.25, 0.3) is 32.8 Å². The molecule has 0 saturated carbocycles. The zero-order valence-corrected chi connectivity index (χ0v) is 16.9. The van der Waals surface area contributed by atoms with Crippen LogP contribution in [0.15, 0.2) is 72.8 Å². The summed E-state index contributed by atoms with van der Waals surface area (Å²) in [5.74, 6) is -0.129. The van der Waals surface area contributed by atoms with Crippen molar-refractivity contribution in [1.82, 2.24) is 15.2 Å². The summed E-state index contributed by atoms with van der Waals surface area (Å²) in [5.41, 5.74) is 2.31. The molecule has 146 valence electrons. The average molecular weight is 383 g/mol. The minimum atomic E-state index is -0.129. The number of carbonyl (C=O) groups is 1. The first-order valence-electron chi connectivity index (χ1n) is 9.94. The van der Waals surface area contributed by atoms with Crippen molar-refractivity contribution in [2.24, 2.45) is 0 Å². The monoisotopic (exact) mass is 383 g/mol. The summed E-state index contributed by atoms with van der Waals surface area (Å²) in [5, 5.41) is 7.41. The van der Waals surface area contributed by atoms with Crippen LogP contribution in [0, 0.1) is 0 Å². The number of hydrogen-bond acceptors (Lipinski definition) is 3. The van der Waals surface area contributed by atoms with Crippen LogP contribution in [0.3, 0.4) is 0 Å². The van der Waals surface area contributed by atoms with Crippen molar-refractivity contribution in [2.75, 3.05) is 27.2 Å². The fourth-order valence-corrected chi connectivity index (χ4v) is 3.63. The topological polar surface area (TPSA) is 45.2 Å². The number of nitrogens with zero attached hydrogens (tertiary/aromatic N) is 2. The van der Waals surface area contributed by atoms with Gasteiger partial charge in [0.05, 0.1) is 5.69 Å². The Morgan fingerprint density at radius 1 is 0.897 bits per heavy atom. The molecule has 0 saturated heterocycles. The van der Waals surface area contributed by atoms with E-state index >= 15 is 0 Å². The van der Waals surface area contributed by atoms with E-state index in [1.54, 1.807) is 0 Å². The average Bonchev–Trinajstić information content (AvgIpc) is 2.76. The molecule has 0 bridgehead atoms. The Labute approximate surface area is 171 Å². The smallest absolute Gasteiger partial charge is 0.269 e. The molecule has 0 aliphatic carbocycles. The minimum absolute atomic E-state index is 0.129. The molecule has 4 aromatic rings. The highest BCUT2D eigenvalue weighted by atomic mass is 16.1. The highest BCUT2D eigenvalue weighted by Crippen LogP contribution is 2.32. The van der Waals surface area contributed by atoms with Crippen LogP contribution in [0.4, 0.5) is 0 Å². The maximum atomic E-state index is 12.9. The lowest BCUT2D eigenvalue weighted by Gasteiger charge is -2.13. The number of carbonyl (C=O) groups excluding carboxylic acids is 1. The van der Waals surface area contributed by atoms with Crippen molar-refractivity contribution in [2.45, 2.75) is 6.42 Å². The van der Waals surface area contributed by atoms with Gasteiger partial charge in [-0.2, -0.15) is 0 Å². The van der Waals surface area contributed by atoms with Gasteiger partial charge in [0.25, 0.3) is 5.91 Å². The largest absolute Gasteiger partial charge is 0.351 e. The molecule has 0 fully saturated rings. The normalized spacial score (nSPS) is 11.3. The number of benzene rings is 3. The third kappa shape index (κ3) is 4.13. The minimum Gasteiger partial charge on any atom is -0.351 e. The van der Waals surface area contributed by atoms with E-state index in [2.05, 4.69) is 34.5 Å². The van der Waals surface area contributed by atoms with E-state index < -0.39 is 0 Å². The highest BCUT2D eigenvalue weighted by molar-refractivity contribution is 6.13. The quantitative estimate of drug-likeness (QED) is 0.386. The standard InChI is InChI=1S/C25H25N3O/c1-28(2)16-8-15-26-25(29)23-17-22-20-12-7-6-9-18(20)13-14-21(22)24(27-23)19-10-4-3-5-11-19/h3-7,9-14,17H,8,15-16H2,1-2H3,(H,26,29). The Balaban J connectivity index is 1.80. The van der Waals surface area contributed by atoms with Crippen molar-refractivity contribution < 1.29 is 4.79 Å². The van der Waals surface area contributed by atoms with Gasteiger partial charge >= 0.3 is 0 Å². The van der Waals surface area contributed by atoms with Gasteiger partial charge in [-0.1, -0.05) is 66.7 Å². The van der Waals surface area contributed by atoms with Gasteiger partial charge in [-0.15, -0.1) is 0 Å². The lowest BCUT2D eigenvalue weighted by Crippen LogP contribution is -2.27. The van der Waals surface area contributed by atoms with Crippen LogP contribution in [0.5, 0.6) is 0 Å². The van der Waals surface area contributed by atoms with Crippen molar-refractivity contribution >= 4 is 27.5 Å². The Morgan fingerprint density at radius 2 is 1.66 bits per heavy atom. The second kappa shape index (κ2) is 8.41. The lowest BCUT2D eigenvalue weighted by molar-refractivity contribution is 0.0947. The molecule has 0 aliphatic rings. The van der Waals surface area contributed by atoms with Gasteiger partial charge in [-0.3, -0.25) is 4.79 Å². The van der Waals surface area contributed by atoms with Crippen molar-refractivity contribution in [3.8, 4) is 11.3 Å². The van der Waals surface area contributed by atoms with Crippen molar-refractivity contribution in [3.05, 3.63) is 78.5 Å². The van der Waals surface area contributed by atoms with Gasteiger partial charge in [-0.25, -0.2) is 4.98 Å². The molecule has 3 aromatic carbocycles. The molecule has 0 radical (unpaired) electrons. The first-order valence-corrected chi connectivity index (χ1v) is 9.94. The fourth-order valence-electron chi connectivity index (χ4n) is 3.63. The molecule has 1 aromatic heterocycles. The zero-order valence-electron chi connectivity index (χ0n) is 16.9. The van der Waals surface area contributed by atoms with Gasteiger partial charge in [0.2, 0.25) is 0 Å². The first-order chi connectivity index (χ1) is 14.1. The first kappa shape index (κ1) is 19.1. The molecule has 1 amide bonds. The second-order valence-electron chi connectivity index (χ2n) is 7.52. The number of aromatic nitrogens is 1. The van der Waals surface area contributed by atoms with Gasteiger partial charge < -0.3 is 10.2 Å². The predicted octanol–water partition coefficient (Wildman–Crippen LogP) is 4.74. The third-order valence-corrected chi connectivity index (χ3v) is 5.09. The fraction of sp³-hybridized carbons (Fsp3) is 0.200. The summed E-state index contributed by atoms with van der Waals surface area (Å²) >= 11 is 0. The van der Waals surface area contributed by atoms with Crippen LogP contribution in [0.2, 0.25) is 0 Å². The van der Waals surface area contributed by atoms with Crippen molar-refractivity contribution in [3.63, 3.8) is 0 Å². The summed E-state index contributed by atoms with van der Waals surface area (Å²) < 4.78 is 0. The van der Waals surface area contributed by atoms with E-state index in [0.29, 0.717) is 12.2 Å². The zero-order chi connectivity index (χ0) is 20.2. The molecule has 0 aliphatic heterocycles. The summed E-state index contributed by atoms with van der Waals surface area (Å²) in [7, 11) is 4.06. The molecule has 4 heteroatoms. The van der Waals surface area contributed by atoms with Crippen LogP contribution in [-0.2, 0) is 0 Å². The summed E-state index contributed by atoms with van der Waals surface area (Å²) in [6.07, 6.45) is 0.904. The van der Waals surface area contributed by atoms with E-state index in [9.17, 15) is 4.79 Å². The number of fused-ring (bicyclic) bond motifs is 3. The Morgan fingerprint density at radius 3 is 2.45 bits per heavy atom. The van der Waals surface area contributed by atoms with E-state index in [1.165, 1.54) is 0 Å². The van der Waals surface area contributed by atoms with E-state index in [0.717, 1.165) is 45.8 Å².